The maximum atomic E-state index is 12.2. The van der Waals surface area contributed by atoms with Gasteiger partial charge in [-0.05, 0) is 18.6 Å². The van der Waals surface area contributed by atoms with Crippen LogP contribution in [0, 0.1) is 0 Å². The molecule has 5 nitrogen and oxygen atoms in total. The zero-order valence-electron chi connectivity index (χ0n) is 10.0. The molecule has 1 unspecified atom stereocenters. The number of rotatable bonds is 4. The summed E-state index contributed by atoms with van der Waals surface area (Å²) in [6, 6.07) is 3.66. The molecule has 2 heterocycles. The first-order chi connectivity index (χ1) is 8.22. The molecule has 17 heavy (non-hydrogen) atoms. The molecule has 1 fully saturated rings. The molecule has 5 heteroatoms. The normalized spacial score (nSPS) is 19.9. The number of aromatic nitrogens is 1. The highest BCUT2D eigenvalue weighted by atomic mass is 16.5. The SMILES string of the molecule is COCCn1cccc1C(=O)N1CCC(O)C1. The number of carbonyl (C=O) groups excluding carboxylic acids is 1. The van der Waals surface area contributed by atoms with Crippen molar-refractivity contribution in [2.75, 3.05) is 26.8 Å². The van der Waals surface area contributed by atoms with Crippen molar-refractivity contribution < 1.29 is 14.6 Å². The van der Waals surface area contributed by atoms with Crippen molar-refractivity contribution in [2.45, 2.75) is 19.1 Å². The summed E-state index contributed by atoms with van der Waals surface area (Å²) in [5.41, 5.74) is 0.663. The zero-order valence-corrected chi connectivity index (χ0v) is 10.0. The Kier molecular flexibility index (Phi) is 3.81. The average Bonchev–Trinajstić information content (AvgIpc) is 2.94. The van der Waals surface area contributed by atoms with Gasteiger partial charge in [0.25, 0.3) is 5.91 Å². The number of hydrogen-bond acceptors (Lipinski definition) is 3. The second kappa shape index (κ2) is 5.33. The minimum atomic E-state index is -0.374. The smallest absolute Gasteiger partial charge is 0.270 e. The molecular weight excluding hydrogens is 220 g/mol. The van der Waals surface area contributed by atoms with E-state index in [1.807, 2.05) is 22.9 Å². The van der Waals surface area contributed by atoms with E-state index >= 15 is 0 Å². The summed E-state index contributed by atoms with van der Waals surface area (Å²) in [4.78, 5) is 13.9. The molecule has 1 N–H and O–H groups in total. The van der Waals surface area contributed by atoms with E-state index < -0.39 is 0 Å². The highest BCUT2D eigenvalue weighted by Crippen LogP contribution is 2.14. The van der Waals surface area contributed by atoms with Crippen LogP contribution < -0.4 is 0 Å². The van der Waals surface area contributed by atoms with Crippen LogP contribution in [0.5, 0.6) is 0 Å². The van der Waals surface area contributed by atoms with Crippen LogP contribution >= 0.6 is 0 Å². The molecule has 0 aliphatic carbocycles. The van der Waals surface area contributed by atoms with Gasteiger partial charge in [0.1, 0.15) is 5.69 Å². The van der Waals surface area contributed by atoms with Gasteiger partial charge in [-0.2, -0.15) is 0 Å². The van der Waals surface area contributed by atoms with Gasteiger partial charge < -0.3 is 19.3 Å². The molecule has 94 valence electrons. The zero-order chi connectivity index (χ0) is 12.3. The predicted molar refractivity (Wildman–Crippen MR) is 62.8 cm³/mol. The molecule has 1 aliphatic heterocycles. The van der Waals surface area contributed by atoms with Crippen molar-refractivity contribution in [3.05, 3.63) is 24.0 Å². The molecule has 1 aromatic rings. The first-order valence-corrected chi connectivity index (χ1v) is 5.84. The predicted octanol–water partition coefficient (Wildman–Crippen LogP) is 0.341. The Hall–Kier alpha value is -1.33. The summed E-state index contributed by atoms with van der Waals surface area (Å²) in [7, 11) is 1.64. The van der Waals surface area contributed by atoms with E-state index in [0.29, 0.717) is 38.4 Å². The van der Waals surface area contributed by atoms with Crippen LogP contribution in [0.2, 0.25) is 0 Å². The van der Waals surface area contributed by atoms with Gasteiger partial charge >= 0.3 is 0 Å². The Morgan fingerprint density at radius 1 is 1.65 bits per heavy atom. The molecule has 1 aliphatic rings. The standard InChI is InChI=1S/C12H18N2O3/c1-17-8-7-13-5-2-3-11(13)12(16)14-6-4-10(15)9-14/h2-3,5,10,15H,4,6-9H2,1H3. The van der Waals surface area contributed by atoms with E-state index in [1.165, 1.54) is 0 Å². The van der Waals surface area contributed by atoms with Gasteiger partial charge in [-0.15, -0.1) is 0 Å². The lowest BCUT2D eigenvalue weighted by molar-refractivity contribution is 0.0752. The monoisotopic (exact) mass is 238 g/mol. The first-order valence-electron chi connectivity index (χ1n) is 5.84. The van der Waals surface area contributed by atoms with Crippen molar-refractivity contribution in [1.82, 2.24) is 9.47 Å². The van der Waals surface area contributed by atoms with Crippen LogP contribution in [0.4, 0.5) is 0 Å². The molecule has 1 aromatic heterocycles. The van der Waals surface area contributed by atoms with Gasteiger partial charge in [-0.25, -0.2) is 0 Å². The molecule has 1 atom stereocenters. The van der Waals surface area contributed by atoms with E-state index in [-0.39, 0.29) is 12.0 Å². The Morgan fingerprint density at radius 3 is 3.12 bits per heavy atom. The number of methoxy groups -OCH3 is 1. The molecule has 1 saturated heterocycles. The van der Waals surface area contributed by atoms with Crippen molar-refractivity contribution in [2.24, 2.45) is 0 Å². The Balaban J connectivity index is 2.06. The molecule has 0 radical (unpaired) electrons. The van der Waals surface area contributed by atoms with Crippen LogP contribution in [0.3, 0.4) is 0 Å². The lowest BCUT2D eigenvalue weighted by Crippen LogP contribution is -2.31. The number of hydrogen-bond donors (Lipinski definition) is 1. The van der Waals surface area contributed by atoms with Crippen LogP contribution in [0.25, 0.3) is 0 Å². The molecule has 0 aromatic carbocycles. The molecule has 2 rings (SSSR count). The fourth-order valence-electron chi connectivity index (χ4n) is 2.08. The number of aliphatic hydroxyl groups excluding tert-OH is 1. The van der Waals surface area contributed by atoms with Crippen molar-refractivity contribution in [1.29, 1.82) is 0 Å². The third-order valence-corrected chi connectivity index (χ3v) is 3.04. The minimum absolute atomic E-state index is 0.0114. The van der Waals surface area contributed by atoms with Gasteiger partial charge in [0.05, 0.1) is 12.7 Å². The summed E-state index contributed by atoms with van der Waals surface area (Å²) in [5.74, 6) is -0.0114. The Labute approximate surface area is 101 Å². The van der Waals surface area contributed by atoms with Crippen LogP contribution in [0.1, 0.15) is 16.9 Å². The number of aliphatic hydroxyl groups is 1. The van der Waals surface area contributed by atoms with Gasteiger partial charge in [0.15, 0.2) is 0 Å². The summed E-state index contributed by atoms with van der Waals surface area (Å²) in [6.07, 6.45) is 2.17. The largest absolute Gasteiger partial charge is 0.391 e. The van der Waals surface area contributed by atoms with E-state index in [2.05, 4.69) is 0 Å². The second-order valence-electron chi connectivity index (χ2n) is 4.27. The van der Waals surface area contributed by atoms with Crippen molar-refractivity contribution in [3.63, 3.8) is 0 Å². The van der Waals surface area contributed by atoms with Gasteiger partial charge in [0.2, 0.25) is 0 Å². The Morgan fingerprint density at radius 2 is 2.47 bits per heavy atom. The molecular formula is C12H18N2O3. The van der Waals surface area contributed by atoms with Gasteiger partial charge in [-0.1, -0.05) is 0 Å². The number of likely N-dealkylation sites (tertiary alicyclic amines) is 1. The van der Waals surface area contributed by atoms with Crippen molar-refractivity contribution >= 4 is 5.91 Å². The highest BCUT2D eigenvalue weighted by molar-refractivity contribution is 5.93. The number of ether oxygens (including phenoxy) is 1. The molecule has 1 amide bonds. The molecule has 0 saturated carbocycles. The topological polar surface area (TPSA) is 54.7 Å². The fraction of sp³-hybridized carbons (Fsp3) is 0.583. The lowest BCUT2D eigenvalue weighted by atomic mass is 10.3. The lowest BCUT2D eigenvalue weighted by Gasteiger charge is -2.17. The quantitative estimate of drug-likeness (QED) is 0.823. The summed E-state index contributed by atoms with van der Waals surface area (Å²) >= 11 is 0. The maximum absolute atomic E-state index is 12.2. The summed E-state index contributed by atoms with van der Waals surface area (Å²) in [5, 5.41) is 9.44. The highest BCUT2D eigenvalue weighted by Gasteiger charge is 2.26. The number of carbonyl (C=O) groups is 1. The van der Waals surface area contributed by atoms with E-state index in [4.69, 9.17) is 4.74 Å². The van der Waals surface area contributed by atoms with Crippen molar-refractivity contribution in [3.8, 4) is 0 Å². The minimum Gasteiger partial charge on any atom is -0.391 e. The van der Waals surface area contributed by atoms with E-state index in [9.17, 15) is 9.90 Å². The van der Waals surface area contributed by atoms with E-state index in [0.717, 1.165) is 0 Å². The fourth-order valence-corrected chi connectivity index (χ4v) is 2.08. The molecule has 0 bridgehead atoms. The van der Waals surface area contributed by atoms with Gasteiger partial charge in [-0.3, -0.25) is 4.79 Å². The van der Waals surface area contributed by atoms with E-state index in [1.54, 1.807) is 12.0 Å². The number of amides is 1. The second-order valence-corrected chi connectivity index (χ2v) is 4.27. The third kappa shape index (κ3) is 2.68. The van der Waals surface area contributed by atoms with Crippen LogP contribution in [0.15, 0.2) is 18.3 Å². The number of nitrogens with zero attached hydrogens (tertiary/aromatic N) is 2. The third-order valence-electron chi connectivity index (χ3n) is 3.04. The Bertz CT molecular complexity index is 389. The number of β-amino-alcohol motifs (C(OH)–C–C–N with tert-alkyl or cyclic N) is 1. The van der Waals surface area contributed by atoms with Gasteiger partial charge in [0, 0.05) is 32.9 Å². The maximum Gasteiger partial charge on any atom is 0.270 e. The summed E-state index contributed by atoms with van der Waals surface area (Å²) in [6.45, 7) is 2.32. The summed E-state index contributed by atoms with van der Waals surface area (Å²) < 4.78 is 6.89. The average molecular weight is 238 g/mol. The van der Waals surface area contributed by atoms with Crippen LogP contribution in [-0.2, 0) is 11.3 Å². The van der Waals surface area contributed by atoms with Crippen LogP contribution in [-0.4, -0.2) is 53.4 Å². The first kappa shape index (κ1) is 12.1. The molecule has 0 spiro atoms.